The summed E-state index contributed by atoms with van der Waals surface area (Å²) in [4.78, 5) is 31.4. The Labute approximate surface area is 140 Å². The highest BCUT2D eigenvalue weighted by atomic mass is 32.1. The minimum absolute atomic E-state index is 0.0862. The van der Waals surface area contributed by atoms with Gasteiger partial charge in [0.15, 0.2) is 0 Å². The first-order valence-corrected chi connectivity index (χ1v) is 8.76. The molecule has 0 unspecified atom stereocenters. The molecule has 0 atom stereocenters. The zero-order valence-electron chi connectivity index (χ0n) is 13.0. The molecule has 0 saturated heterocycles. The first-order valence-electron chi connectivity index (χ1n) is 7.07. The van der Waals surface area contributed by atoms with Crippen LogP contribution < -0.4 is 5.56 Å². The SMILES string of the molecule is Cc1sc2ncn(CC(C)(C)C(=O)O)c(=O)c2c1-c1cccs1. The molecule has 1 N–H and O–H groups in total. The van der Waals surface area contributed by atoms with Crippen LogP contribution in [0.15, 0.2) is 28.6 Å². The number of fused-ring (bicyclic) bond motifs is 1. The van der Waals surface area contributed by atoms with Crippen LogP contribution in [0.1, 0.15) is 18.7 Å². The number of nitrogens with zero attached hydrogens (tertiary/aromatic N) is 2. The normalized spacial score (nSPS) is 12.0. The van der Waals surface area contributed by atoms with Gasteiger partial charge < -0.3 is 5.11 Å². The second-order valence-corrected chi connectivity index (χ2v) is 8.21. The molecule has 3 aromatic rings. The van der Waals surface area contributed by atoms with E-state index in [1.807, 2.05) is 24.4 Å². The minimum atomic E-state index is -1.03. The Morgan fingerprint density at radius 2 is 2.17 bits per heavy atom. The summed E-state index contributed by atoms with van der Waals surface area (Å²) >= 11 is 3.07. The van der Waals surface area contributed by atoms with E-state index < -0.39 is 11.4 Å². The van der Waals surface area contributed by atoms with Crippen LogP contribution in [0.3, 0.4) is 0 Å². The zero-order chi connectivity index (χ0) is 16.8. The Morgan fingerprint density at radius 3 is 2.78 bits per heavy atom. The second-order valence-electron chi connectivity index (χ2n) is 6.06. The number of carbonyl (C=O) groups is 1. The molecule has 0 spiro atoms. The molecule has 5 nitrogen and oxygen atoms in total. The van der Waals surface area contributed by atoms with Crippen LogP contribution in [-0.2, 0) is 11.3 Å². The van der Waals surface area contributed by atoms with Crippen molar-refractivity contribution in [2.75, 3.05) is 0 Å². The van der Waals surface area contributed by atoms with Crippen molar-refractivity contribution < 1.29 is 9.90 Å². The average molecular weight is 348 g/mol. The van der Waals surface area contributed by atoms with E-state index in [4.69, 9.17) is 0 Å². The molecule has 0 saturated carbocycles. The molecule has 120 valence electrons. The van der Waals surface area contributed by atoms with Gasteiger partial charge in [0, 0.05) is 21.9 Å². The molecule has 0 fully saturated rings. The summed E-state index contributed by atoms with van der Waals surface area (Å²) < 4.78 is 1.40. The molecular formula is C16H16N2O3S2. The Morgan fingerprint density at radius 1 is 1.43 bits per heavy atom. The number of thiophene rings is 2. The number of carboxylic acid groups (broad SMARTS) is 1. The third-order valence-corrected chi connectivity index (χ3v) is 5.67. The maximum absolute atomic E-state index is 12.9. The van der Waals surface area contributed by atoms with Gasteiger partial charge in [0.1, 0.15) is 4.83 Å². The molecule has 3 heterocycles. The zero-order valence-corrected chi connectivity index (χ0v) is 14.6. The van der Waals surface area contributed by atoms with Crippen LogP contribution in [0.25, 0.3) is 20.7 Å². The molecular weight excluding hydrogens is 332 g/mol. The molecule has 0 aliphatic carbocycles. The van der Waals surface area contributed by atoms with Crippen molar-refractivity contribution in [1.82, 2.24) is 9.55 Å². The Bertz CT molecular complexity index is 936. The largest absolute Gasteiger partial charge is 0.481 e. The van der Waals surface area contributed by atoms with E-state index in [2.05, 4.69) is 4.98 Å². The summed E-state index contributed by atoms with van der Waals surface area (Å²) in [6.07, 6.45) is 1.45. The number of rotatable bonds is 4. The number of aryl methyl sites for hydroxylation is 1. The number of hydrogen-bond donors (Lipinski definition) is 1. The summed E-state index contributed by atoms with van der Waals surface area (Å²) in [6.45, 7) is 5.27. The van der Waals surface area contributed by atoms with Gasteiger partial charge in [-0.2, -0.15) is 0 Å². The van der Waals surface area contributed by atoms with E-state index in [-0.39, 0.29) is 12.1 Å². The molecule has 0 aliphatic heterocycles. The monoisotopic (exact) mass is 348 g/mol. The molecule has 0 bridgehead atoms. The highest BCUT2D eigenvalue weighted by Gasteiger charge is 2.29. The lowest BCUT2D eigenvalue weighted by atomic mass is 9.94. The summed E-state index contributed by atoms with van der Waals surface area (Å²) in [5.74, 6) is -0.940. The highest BCUT2D eigenvalue weighted by Crippen LogP contribution is 2.37. The molecule has 3 rings (SSSR count). The lowest BCUT2D eigenvalue weighted by Gasteiger charge is -2.19. The quantitative estimate of drug-likeness (QED) is 0.782. The topological polar surface area (TPSA) is 72.2 Å². The van der Waals surface area contributed by atoms with Crippen molar-refractivity contribution >= 4 is 38.9 Å². The molecule has 23 heavy (non-hydrogen) atoms. The lowest BCUT2D eigenvalue weighted by molar-refractivity contribution is -0.147. The van der Waals surface area contributed by atoms with Crippen LogP contribution in [-0.4, -0.2) is 20.6 Å². The fourth-order valence-electron chi connectivity index (χ4n) is 2.46. The van der Waals surface area contributed by atoms with Crippen LogP contribution in [0.4, 0.5) is 0 Å². The van der Waals surface area contributed by atoms with E-state index in [0.717, 1.165) is 15.3 Å². The molecule has 0 radical (unpaired) electrons. The smallest absolute Gasteiger partial charge is 0.310 e. The third-order valence-electron chi connectivity index (χ3n) is 3.77. The molecule has 3 aromatic heterocycles. The Hall–Kier alpha value is -1.99. The van der Waals surface area contributed by atoms with E-state index in [1.54, 1.807) is 25.2 Å². The van der Waals surface area contributed by atoms with Gasteiger partial charge in [-0.25, -0.2) is 4.98 Å². The van der Waals surface area contributed by atoms with Gasteiger partial charge in [-0.1, -0.05) is 6.07 Å². The Balaban J connectivity index is 2.21. The minimum Gasteiger partial charge on any atom is -0.481 e. The van der Waals surface area contributed by atoms with Crippen LogP contribution >= 0.6 is 22.7 Å². The first-order chi connectivity index (χ1) is 10.8. The maximum Gasteiger partial charge on any atom is 0.310 e. The number of aromatic nitrogens is 2. The van der Waals surface area contributed by atoms with E-state index in [0.29, 0.717) is 10.2 Å². The first kappa shape index (κ1) is 15.9. The van der Waals surface area contributed by atoms with Crippen molar-refractivity contribution in [2.24, 2.45) is 5.41 Å². The van der Waals surface area contributed by atoms with Gasteiger partial charge in [0.2, 0.25) is 0 Å². The fourth-order valence-corrected chi connectivity index (χ4v) is 4.36. The summed E-state index contributed by atoms with van der Waals surface area (Å²) in [5.41, 5.74) is -0.301. The van der Waals surface area contributed by atoms with Crippen molar-refractivity contribution in [3.8, 4) is 10.4 Å². The Kier molecular flexibility index (Phi) is 3.85. The van der Waals surface area contributed by atoms with Gasteiger partial charge in [-0.3, -0.25) is 14.2 Å². The standard InChI is InChI=1S/C16H16N2O3S2/c1-9-11(10-5-4-6-22-10)12-13(23-9)17-8-18(14(12)19)7-16(2,3)15(20)21/h4-6,8H,7H2,1-3H3,(H,20,21). The van der Waals surface area contributed by atoms with Crippen molar-refractivity contribution in [1.29, 1.82) is 0 Å². The third kappa shape index (κ3) is 2.70. The molecule has 0 aromatic carbocycles. The van der Waals surface area contributed by atoms with Crippen LogP contribution in [0, 0.1) is 12.3 Å². The predicted molar refractivity (Wildman–Crippen MR) is 93.3 cm³/mol. The maximum atomic E-state index is 12.9. The molecule has 7 heteroatoms. The summed E-state index contributed by atoms with van der Waals surface area (Å²) in [7, 11) is 0. The van der Waals surface area contributed by atoms with Crippen molar-refractivity contribution in [3.63, 3.8) is 0 Å². The van der Waals surface area contributed by atoms with E-state index >= 15 is 0 Å². The van der Waals surface area contributed by atoms with Gasteiger partial charge in [-0.15, -0.1) is 22.7 Å². The van der Waals surface area contributed by atoms with E-state index in [1.165, 1.54) is 22.2 Å². The summed E-state index contributed by atoms with van der Waals surface area (Å²) in [6, 6.07) is 3.93. The van der Waals surface area contributed by atoms with Crippen LogP contribution in [0.5, 0.6) is 0 Å². The van der Waals surface area contributed by atoms with Crippen molar-refractivity contribution in [2.45, 2.75) is 27.3 Å². The van der Waals surface area contributed by atoms with Gasteiger partial charge in [-0.05, 0) is 32.2 Å². The van der Waals surface area contributed by atoms with Crippen LogP contribution in [0.2, 0.25) is 0 Å². The fraction of sp³-hybridized carbons (Fsp3) is 0.312. The average Bonchev–Trinajstić information content (AvgIpc) is 3.08. The number of aliphatic carboxylic acids is 1. The predicted octanol–water partition coefficient (Wildman–Crippen LogP) is 3.61. The number of carboxylic acids is 1. The highest BCUT2D eigenvalue weighted by molar-refractivity contribution is 7.20. The lowest BCUT2D eigenvalue weighted by Crippen LogP contribution is -2.34. The van der Waals surface area contributed by atoms with Gasteiger partial charge in [0.25, 0.3) is 5.56 Å². The van der Waals surface area contributed by atoms with Crippen molar-refractivity contribution in [3.05, 3.63) is 39.1 Å². The number of hydrogen-bond acceptors (Lipinski definition) is 5. The molecule has 0 amide bonds. The van der Waals surface area contributed by atoms with Gasteiger partial charge >= 0.3 is 5.97 Å². The van der Waals surface area contributed by atoms with Gasteiger partial charge in [0.05, 0.1) is 17.1 Å². The second kappa shape index (κ2) is 5.58. The summed E-state index contributed by atoms with van der Waals surface area (Å²) in [5, 5.41) is 11.8. The van der Waals surface area contributed by atoms with E-state index in [9.17, 15) is 14.7 Å². The molecule has 0 aliphatic rings.